The van der Waals surface area contributed by atoms with E-state index in [0.29, 0.717) is 76.2 Å². The number of fused-ring (bicyclic) bond motifs is 20. The zero-order valence-corrected chi connectivity index (χ0v) is 32.7. The molecule has 0 radical (unpaired) electrons. The third-order valence-electron chi connectivity index (χ3n) is 10.5. The molecule has 9 aromatic rings. The SMILES string of the molecule is Cc1ccc(S(=O)c2cc3c4nc5nc(nc6[nH]c(nc7nc(nc([nH]4)c3cc2S(=O)c2ccc(C)cc2)-c2ccccc2-7)c2ccccc62)-c2ccccc2-5)cc1. The fourth-order valence-corrected chi connectivity index (χ4v) is 10.2. The fraction of sp³-hybridized carbons (Fsp3) is 0.0435. The predicted molar refractivity (Wildman–Crippen MR) is 228 cm³/mol. The van der Waals surface area contributed by atoms with E-state index in [1.54, 1.807) is 0 Å². The van der Waals surface area contributed by atoms with Crippen LogP contribution in [0.1, 0.15) is 11.1 Å². The first-order chi connectivity index (χ1) is 28.4. The number of hydrogen-bond donors (Lipinski definition) is 2. The minimum absolute atomic E-state index is 0.409. The number of nitrogens with one attached hydrogen (secondary N) is 2. The van der Waals surface area contributed by atoms with E-state index < -0.39 is 21.6 Å². The number of benzene rings is 6. The quantitative estimate of drug-likeness (QED) is 0.179. The lowest BCUT2D eigenvalue weighted by molar-refractivity contribution is 0.675. The van der Waals surface area contributed by atoms with Crippen LogP contribution >= 0.6 is 0 Å². The second-order valence-corrected chi connectivity index (χ2v) is 17.2. The van der Waals surface area contributed by atoms with E-state index in [4.69, 9.17) is 29.9 Å². The van der Waals surface area contributed by atoms with Gasteiger partial charge in [-0.25, -0.2) is 38.3 Å². The van der Waals surface area contributed by atoms with Gasteiger partial charge in [-0.3, -0.25) is 0 Å². The largest absolute Gasteiger partial charge is 0.324 e. The summed E-state index contributed by atoms with van der Waals surface area (Å²) in [6.07, 6.45) is 0. The van der Waals surface area contributed by atoms with E-state index >= 15 is 0 Å². The topological polar surface area (TPSA) is 143 Å². The number of aromatic nitrogens is 8. The van der Waals surface area contributed by atoms with E-state index in [0.717, 1.165) is 44.2 Å². The van der Waals surface area contributed by atoms with Crippen molar-refractivity contribution >= 4 is 65.7 Å². The maximum absolute atomic E-state index is 14.6. The summed E-state index contributed by atoms with van der Waals surface area (Å²) >= 11 is 0. The molecule has 5 heterocycles. The lowest BCUT2D eigenvalue weighted by Gasteiger charge is -2.11. The highest BCUT2D eigenvalue weighted by Crippen LogP contribution is 2.39. The molecule has 0 aliphatic carbocycles. The van der Waals surface area contributed by atoms with Crippen LogP contribution in [0.5, 0.6) is 0 Å². The Kier molecular flexibility index (Phi) is 7.85. The van der Waals surface area contributed by atoms with Gasteiger partial charge in [-0.15, -0.1) is 0 Å². The van der Waals surface area contributed by atoms with Crippen LogP contribution in [0.15, 0.2) is 153 Å². The van der Waals surface area contributed by atoms with Crippen molar-refractivity contribution in [3.05, 3.63) is 145 Å². The molecule has 0 saturated heterocycles. The summed E-state index contributed by atoms with van der Waals surface area (Å²) in [5.74, 6) is 1.89. The minimum Gasteiger partial charge on any atom is -0.324 e. The molecule has 3 aromatic heterocycles. The first kappa shape index (κ1) is 34.2. The van der Waals surface area contributed by atoms with Crippen LogP contribution in [0.4, 0.5) is 0 Å². The van der Waals surface area contributed by atoms with E-state index in [1.165, 1.54) is 0 Å². The standard InChI is InChI=1S/C46H30N8O2S2/c1-25-15-19-27(20-16-25)57(55)37-23-35-36(24-38(37)58(56)28-21-17-26(2)18-22-28)46-53-44-34-14-8-6-12-32(34)42(51-44)49-40-30-10-4-3-9-29(30)39(47-40)48-41-31-11-5-7-13-33(31)43(50-41)52-45(35)54-46/h3-24H,1-2H3,(H2,47,48,49,50,51,52,53,54). The number of aromatic amines is 2. The summed E-state index contributed by atoms with van der Waals surface area (Å²) in [7, 11) is -3.40. The van der Waals surface area contributed by atoms with Crippen LogP contribution in [0.3, 0.4) is 0 Å². The van der Waals surface area contributed by atoms with Gasteiger partial charge in [0.25, 0.3) is 0 Å². The molecule has 58 heavy (non-hydrogen) atoms. The van der Waals surface area contributed by atoms with Gasteiger partial charge < -0.3 is 9.97 Å². The zero-order chi connectivity index (χ0) is 39.1. The first-order valence-electron chi connectivity index (χ1n) is 18.6. The van der Waals surface area contributed by atoms with Gasteiger partial charge in [-0.1, -0.05) is 108 Å². The molecule has 2 atom stereocenters. The van der Waals surface area contributed by atoms with E-state index in [9.17, 15) is 8.42 Å². The Morgan fingerprint density at radius 3 is 1.03 bits per heavy atom. The molecular formula is C46H30N8O2S2. The summed E-state index contributed by atoms with van der Waals surface area (Å²) in [6, 6.07) is 42.4. The van der Waals surface area contributed by atoms with Crippen LogP contribution in [0.25, 0.3) is 89.7 Å². The van der Waals surface area contributed by atoms with E-state index in [-0.39, 0.29) is 0 Å². The van der Waals surface area contributed by atoms with Gasteiger partial charge in [0.2, 0.25) is 0 Å². The number of aryl methyl sites for hydroxylation is 2. The number of hydrogen-bond acceptors (Lipinski definition) is 8. The molecular weight excluding hydrogens is 761 g/mol. The molecule has 2 unspecified atom stereocenters. The van der Waals surface area contributed by atoms with Crippen molar-refractivity contribution in [3.63, 3.8) is 0 Å². The van der Waals surface area contributed by atoms with E-state index in [2.05, 4.69) is 9.97 Å². The summed E-state index contributed by atoms with van der Waals surface area (Å²) in [6.45, 7) is 3.97. The predicted octanol–water partition coefficient (Wildman–Crippen LogP) is 9.82. The molecule has 0 saturated carbocycles. The average Bonchev–Trinajstić information content (AvgIpc) is 3.99. The van der Waals surface area contributed by atoms with Crippen molar-refractivity contribution in [1.29, 1.82) is 0 Å². The van der Waals surface area contributed by atoms with Gasteiger partial charge in [-0.05, 0) is 50.2 Å². The first-order valence-corrected chi connectivity index (χ1v) is 20.9. The normalized spacial score (nSPS) is 13.0. The summed E-state index contributed by atoms with van der Waals surface area (Å²) in [4.78, 5) is 39.4. The molecule has 2 aliphatic rings. The van der Waals surface area contributed by atoms with Crippen LogP contribution in [-0.2, 0) is 21.6 Å². The minimum atomic E-state index is -1.70. The molecule has 2 N–H and O–H groups in total. The lowest BCUT2D eigenvalue weighted by atomic mass is 10.1. The highest BCUT2D eigenvalue weighted by molar-refractivity contribution is 7.88. The maximum Gasteiger partial charge on any atom is 0.164 e. The van der Waals surface area contributed by atoms with Gasteiger partial charge in [0, 0.05) is 53.6 Å². The molecule has 278 valence electrons. The molecule has 2 aliphatic heterocycles. The summed E-state index contributed by atoms with van der Waals surface area (Å²) in [5, 5.41) is 3.05. The Morgan fingerprint density at radius 2 is 0.690 bits per heavy atom. The molecule has 12 heteroatoms. The summed E-state index contributed by atoms with van der Waals surface area (Å²) in [5.41, 5.74) is 7.47. The van der Waals surface area contributed by atoms with Crippen LogP contribution in [0, 0.1) is 13.8 Å². The number of rotatable bonds is 4. The van der Waals surface area contributed by atoms with Crippen molar-refractivity contribution in [2.75, 3.05) is 0 Å². The Hall–Kier alpha value is -7.02. The van der Waals surface area contributed by atoms with Crippen molar-refractivity contribution in [2.45, 2.75) is 33.4 Å². The average molecular weight is 791 g/mol. The van der Waals surface area contributed by atoms with Crippen LogP contribution in [0.2, 0.25) is 0 Å². The molecule has 0 amide bonds. The molecule has 6 aromatic carbocycles. The lowest BCUT2D eigenvalue weighted by Crippen LogP contribution is -2.02. The van der Waals surface area contributed by atoms with Crippen molar-refractivity contribution in [1.82, 2.24) is 39.9 Å². The Morgan fingerprint density at radius 1 is 0.379 bits per heavy atom. The second-order valence-electron chi connectivity index (χ2n) is 14.3. The van der Waals surface area contributed by atoms with Gasteiger partial charge in [0.05, 0.1) is 31.4 Å². The van der Waals surface area contributed by atoms with Crippen molar-refractivity contribution in [2.24, 2.45) is 0 Å². The van der Waals surface area contributed by atoms with Crippen molar-refractivity contribution < 1.29 is 8.42 Å². The van der Waals surface area contributed by atoms with E-state index in [1.807, 2.05) is 147 Å². The van der Waals surface area contributed by atoms with Gasteiger partial charge >= 0.3 is 0 Å². The van der Waals surface area contributed by atoms with Crippen LogP contribution in [-0.4, -0.2) is 48.3 Å². The Balaban J connectivity index is 1.28. The highest BCUT2D eigenvalue weighted by atomic mass is 32.2. The molecule has 11 rings (SSSR count). The Labute approximate surface area is 336 Å². The van der Waals surface area contributed by atoms with Gasteiger partial charge in [0.15, 0.2) is 23.3 Å². The van der Waals surface area contributed by atoms with Crippen LogP contribution < -0.4 is 0 Å². The summed E-state index contributed by atoms with van der Waals surface area (Å²) < 4.78 is 29.3. The maximum atomic E-state index is 14.6. The van der Waals surface area contributed by atoms with Gasteiger partial charge in [0.1, 0.15) is 22.6 Å². The third-order valence-corrected chi connectivity index (χ3v) is 13.5. The molecule has 8 bridgehead atoms. The second kappa shape index (κ2) is 13.3. The molecule has 0 fully saturated rings. The molecule has 10 nitrogen and oxygen atoms in total. The number of H-pyrrole nitrogens is 2. The molecule has 0 spiro atoms. The number of nitrogens with zero attached hydrogens (tertiary/aromatic N) is 6. The third kappa shape index (κ3) is 5.59. The fourth-order valence-electron chi connectivity index (χ4n) is 7.51. The Bertz CT molecular complexity index is 3190. The monoisotopic (exact) mass is 790 g/mol. The van der Waals surface area contributed by atoms with Crippen molar-refractivity contribution in [3.8, 4) is 45.6 Å². The zero-order valence-electron chi connectivity index (χ0n) is 31.0. The van der Waals surface area contributed by atoms with Gasteiger partial charge in [-0.2, -0.15) is 0 Å². The smallest absolute Gasteiger partial charge is 0.164 e. The highest BCUT2D eigenvalue weighted by Gasteiger charge is 2.25.